The topological polar surface area (TPSA) is 34.1 Å². The van der Waals surface area contributed by atoms with E-state index in [1.165, 1.54) is 11.1 Å². The molecule has 1 aromatic carbocycles. The van der Waals surface area contributed by atoms with Crippen molar-refractivity contribution in [2.75, 3.05) is 0 Å². The molecule has 0 N–H and O–H groups in total. The molecule has 2 nitrogen and oxygen atoms in total. The van der Waals surface area contributed by atoms with Crippen LogP contribution in [0.2, 0.25) is 0 Å². The van der Waals surface area contributed by atoms with Crippen molar-refractivity contribution in [1.29, 1.82) is 0 Å². The molecule has 0 spiro atoms. The second-order valence-corrected chi connectivity index (χ2v) is 6.37. The van der Waals surface area contributed by atoms with Crippen LogP contribution in [0.15, 0.2) is 24.3 Å². The number of aryl methyl sites for hydroxylation is 2. The van der Waals surface area contributed by atoms with Crippen molar-refractivity contribution >= 4 is 11.6 Å². The standard InChI is InChI=1S/C20H30O2/c1-5-15(3)19(21)12-10-17-8-7-9-18(14-17)11-13-20(22)16(4)6-2/h7-9,14-16H,5-6,10-13H2,1-4H3. The van der Waals surface area contributed by atoms with Gasteiger partial charge in [0.05, 0.1) is 0 Å². The summed E-state index contributed by atoms with van der Waals surface area (Å²) in [6.07, 6.45) is 4.66. The molecule has 122 valence electrons. The lowest BCUT2D eigenvalue weighted by atomic mass is 9.95. The first kappa shape index (κ1) is 18.6. The van der Waals surface area contributed by atoms with Gasteiger partial charge in [-0.15, -0.1) is 0 Å². The minimum atomic E-state index is 0.163. The van der Waals surface area contributed by atoms with Crippen LogP contribution in [-0.4, -0.2) is 11.6 Å². The van der Waals surface area contributed by atoms with Crippen molar-refractivity contribution < 1.29 is 9.59 Å². The highest BCUT2D eigenvalue weighted by molar-refractivity contribution is 5.81. The summed E-state index contributed by atoms with van der Waals surface area (Å²) in [6, 6.07) is 8.33. The average Bonchev–Trinajstić information content (AvgIpc) is 2.56. The van der Waals surface area contributed by atoms with Crippen LogP contribution in [0.1, 0.15) is 64.5 Å². The fourth-order valence-corrected chi connectivity index (χ4v) is 2.42. The van der Waals surface area contributed by atoms with Crippen molar-refractivity contribution in [2.45, 2.75) is 66.2 Å². The predicted octanol–water partition coefficient (Wildman–Crippen LogP) is 4.78. The lowest BCUT2D eigenvalue weighted by Gasteiger charge is -2.09. The zero-order valence-electron chi connectivity index (χ0n) is 14.5. The maximum atomic E-state index is 11.9. The average molecular weight is 302 g/mol. The molecule has 2 atom stereocenters. The van der Waals surface area contributed by atoms with Crippen LogP contribution >= 0.6 is 0 Å². The molecule has 0 fully saturated rings. The maximum Gasteiger partial charge on any atom is 0.136 e. The molecule has 0 bridgehead atoms. The Kier molecular flexibility index (Phi) is 8.08. The van der Waals surface area contributed by atoms with Gasteiger partial charge in [-0.25, -0.2) is 0 Å². The van der Waals surface area contributed by atoms with Gasteiger partial charge in [-0.05, 0) is 36.8 Å². The highest BCUT2D eigenvalue weighted by atomic mass is 16.1. The SMILES string of the molecule is CCC(C)C(=O)CCc1cccc(CCC(=O)C(C)CC)c1. The minimum Gasteiger partial charge on any atom is -0.299 e. The number of ketones is 2. The van der Waals surface area contributed by atoms with Gasteiger partial charge in [-0.1, -0.05) is 52.0 Å². The fourth-order valence-electron chi connectivity index (χ4n) is 2.42. The lowest BCUT2D eigenvalue weighted by molar-refractivity contribution is -0.123. The molecule has 0 aliphatic heterocycles. The Hall–Kier alpha value is -1.44. The monoisotopic (exact) mass is 302 g/mol. The Bertz CT molecular complexity index is 449. The smallest absolute Gasteiger partial charge is 0.136 e. The molecule has 0 aromatic heterocycles. The summed E-state index contributed by atoms with van der Waals surface area (Å²) in [7, 11) is 0. The molecule has 0 aliphatic rings. The van der Waals surface area contributed by atoms with Crippen LogP contribution in [0.25, 0.3) is 0 Å². The van der Waals surface area contributed by atoms with E-state index in [0.29, 0.717) is 24.4 Å². The quantitative estimate of drug-likeness (QED) is 0.623. The highest BCUT2D eigenvalue weighted by Crippen LogP contribution is 2.14. The molecule has 0 radical (unpaired) electrons. The first-order valence-electron chi connectivity index (χ1n) is 8.61. The van der Waals surface area contributed by atoms with E-state index < -0.39 is 0 Å². The summed E-state index contributed by atoms with van der Waals surface area (Å²) in [6.45, 7) is 8.10. The summed E-state index contributed by atoms with van der Waals surface area (Å²) < 4.78 is 0. The van der Waals surface area contributed by atoms with E-state index in [4.69, 9.17) is 0 Å². The molecule has 22 heavy (non-hydrogen) atoms. The Morgan fingerprint density at radius 1 is 0.864 bits per heavy atom. The molecule has 0 saturated heterocycles. The summed E-state index contributed by atoms with van der Waals surface area (Å²) in [5, 5.41) is 0. The first-order chi connectivity index (χ1) is 10.5. The zero-order valence-corrected chi connectivity index (χ0v) is 14.5. The minimum absolute atomic E-state index is 0.163. The predicted molar refractivity (Wildman–Crippen MR) is 92.0 cm³/mol. The van der Waals surface area contributed by atoms with Crippen LogP contribution in [-0.2, 0) is 22.4 Å². The maximum absolute atomic E-state index is 11.9. The van der Waals surface area contributed by atoms with Crippen LogP contribution < -0.4 is 0 Å². The molecule has 1 aromatic rings. The Morgan fingerprint density at radius 3 is 1.64 bits per heavy atom. The fraction of sp³-hybridized carbons (Fsp3) is 0.600. The lowest BCUT2D eigenvalue weighted by Crippen LogP contribution is -2.11. The van der Waals surface area contributed by atoms with E-state index in [-0.39, 0.29) is 11.8 Å². The molecule has 2 unspecified atom stereocenters. The normalized spacial score (nSPS) is 13.6. The number of Topliss-reactive ketones (excluding diaryl/α,β-unsaturated/α-hetero) is 2. The summed E-state index contributed by atoms with van der Waals surface area (Å²) in [4.78, 5) is 23.8. The second-order valence-electron chi connectivity index (χ2n) is 6.37. The molecule has 0 aliphatic carbocycles. The Labute approximate surface area is 135 Å². The Balaban J connectivity index is 2.52. The van der Waals surface area contributed by atoms with Gasteiger partial charge in [0.1, 0.15) is 11.6 Å². The summed E-state index contributed by atoms with van der Waals surface area (Å²) >= 11 is 0. The van der Waals surface area contributed by atoms with Crippen molar-refractivity contribution in [3.8, 4) is 0 Å². The van der Waals surface area contributed by atoms with E-state index in [9.17, 15) is 9.59 Å². The van der Waals surface area contributed by atoms with E-state index in [0.717, 1.165) is 25.7 Å². The van der Waals surface area contributed by atoms with Gasteiger partial charge in [0.2, 0.25) is 0 Å². The van der Waals surface area contributed by atoms with Gasteiger partial charge in [0.25, 0.3) is 0 Å². The molecule has 0 heterocycles. The van der Waals surface area contributed by atoms with Crippen molar-refractivity contribution in [3.05, 3.63) is 35.4 Å². The highest BCUT2D eigenvalue weighted by Gasteiger charge is 2.12. The number of carbonyl (C=O) groups excluding carboxylic acids is 2. The second kappa shape index (κ2) is 9.55. The van der Waals surface area contributed by atoms with Crippen molar-refractivity contribution in [3.63, 3.8) is 0 Å². The first-order valence-corrected chi connectivity index (χ1v) is 8.61. The summed E-state index contributed by atoms with van der Waals surface area (Å²) in [5.41, 5.74) is 2.40. The molecule has 0 amide bonds. The van der Waals surface area contributed by atoms with Gasteiger partial charge in [0, 0.05) is 24.7 Å². The number of benzene rings is 1. The zero-order chi connectivity index (χ0) is 16.5. The van der Waals surface area contributed by atoms with E-state index in [2.05, 4.69) is 32.0 Å². The summed E-state index contributed by atoms with van der Waals surface area (Å²) in [5.74, 6) is 1.02. The number of carbonyl (C=O) groups is 2. The van der Waals surface area contributed by atoms with E-state index >= 15 is 0 Å². The Morgan fingerprint density at radius 2 is 1.27 bits per heavy atom. The number of hydrogen-bond donors (Lipinski definition) is 0. The molecular formula is C20H30O2. The van der Waals surface area contributed by atoms with Crippen LogP contribution in [0.4, 0.5) is 0 Å². The largest absolute Gasteiger partial charge is 0.299 e. The van der Waals surface area contributed by atoms with Gasteiger partial charge in [0.15, 0.2) is 0 Å². The van der Waals surface area contributed by atoms with Gasteiger partial charge < -0.3 is 0 Å². The van der Waals surface area contributed by atoms with Crippen LogP contribution in [0.5, 0.6) is 0 Å². The number of hydrogen-bond acceptors (Lipinski definition) is 2. The third-order valence-electron chi connectivity index (χ3n) is 4.64. The van der Waals surface area contributed by atoms with Gasteiger partial charge >= 0.3 is 0 Å². The molecule has 0 saturated carbocycles. The van der Waals surface area contributed by atoms with Crippen LogP contribution in [0.3, 0.4) is 0 Å². The third kappa shape index (κ3) is 6.13. The van der Waals surface area contributed by atoms with E-state index in [1.807, 2.05) is 19.9 Å². The van der Waals surface area contributed by atoms with Gasteiger partial charge in [-0.2, -0.15) is 0 Å². The molecule has 2 heteroatoms. The molecule has 1 rings (SSSR count). The van der Waals surface area contributed by atoms with Crippen LogP contribution in [0, 0.1) is 11.8 Å². The number of rotatable bonds is 10. The van der Waals surface area contributed by atoms with Crippen molar-refractivity contribution in [1.82, 2.24) is 0 Å². The molecular weight excluding hydrogens is 272 g/mol. The van der Waals surface area contributed by atoms with Crippen molar-refractivity contribution in [2.24, 2.45) is 11.8 Å². The third-order valence-corrected chi connectivity index (χ3v) is 4.64. The van der Waals surface area contributed by atoms with Gasteiger partial charge in [-0.3, -0.25) is 9.59 Å². The van der Waals surface area contributed by atoms with E-state index in [1.54, 1.807) is 0 Å².